The van der Waals surface area contributed by atoms with Crippen LogP contribution in [0.25, 0.3) is 11.3 Å². The van der Waals surface area contributed by atoms with Crippen LogP contribution in [0.15, 0.2) is 65.5 Å². The van der Waals surface area contributed by atoms with E-state index in [1.807, 2.05) is 48.5 Å². The number of benzene rings is 2. The molecule has 4 nitrogen and oxygen atoms in total. The van der Waals surface area contributed by atoms with E-state index in [1.54, 1.807) is 19.2 Å². The van der Waals surface area contributed by atoms with Crippen molar-refractivity contribution in [3.63, 3.8) is 0 Å². The summed E-state index contributed by atoms with van der Waals surface area (Å²) in [5.41, 5.74) is 2.63. The van der Waals surface area contributed by atoms with E-state index >= 15 is 0 Å². The molecule has 0 fully saturated rings. The Kier molecular flexibility index (Phi) is 4.54. The van der Waals surface area contributed by atoms with Crippen molar-refractivity contribution in [3.05, 3.63) is 76.6 Å². The van der Waals surface area contributed by atoms with Crippen LogP contribution in [0.5, 0.6) is 5.75 Å². The quantitative estimate of drug-likeness (QED) is 0.693. The van der Waals surface area contributed by atoms with Crippen LogP contribution in [0, 0.1) is 0 Å². The Labute approximate surface area is 136 Å². The zero-order valence-electron chi connectivity index (χ0n) is 12.8. The molecule has 0 bridgehead atoms. The third-order valence-electron chi connectivity index (χ3n) is 3.54. The molecule has 0 N–H and O–H groups in total. The van der Waals surface area contributed by atoms with Crippen LogP contribution < -0.4 is 15.6 Å². The van der Waals surface area contributed by atoms with Gasteiger partial charge in [-0.2, -0.15) is 5.10 Å². The van der Waals surface area contributed by atoms with Crippen LogP contribution in [0.3, 0.4) is 0 Å². The van der Waals surface area contributed by atoms with Gasteiger partial charge in [-0.15, -0.1) is 9.24 Å². The van der Waals surface area contributed by atoms with Crippen LogP contribution in [0.2, 0.25) is 0 Å². The number of rotatable bonds is 4. The molecule has 1 unspecified atom stereocenters. The van der Waals surface area contributed by atoms with Crippen molar-refractivity contribution in [3.8, 4) is 17.0 Å². The second kappa shape index (κ2) is 6.76. The number of nitrogens with zero attached hydrogens (tertiary/aromatic N) is 2. The van der Waals surface area contributed by atoms with Crippen molar-refractivity contribution in [2.45, 2.75) is 6.54 Å². The summed E-state index contributed by atoms with van der Waals surface area (Å²) in [6.07, 6.45) is 0. The van der Waals surface area contributed by atoms with E-state index in [0.29, 0.717) is 6.54 Å². The molecule has 116 valence electrons. The second-order valence-corrected chi connectivity index (χ2v) is 5.85. The molecule has 1 heterocycles. The molecule has 0 aliphatic heterocycles. The van der Waals surface area contributed by atoms with E-state index in [9.17, 15) is 4.79 Å². The third kappa shape index (κ3) is 3.66. The summed E-state index contributed by atoms with van der Waals surface area (Å²) in [7, 11) is 4.29. The SMILES string of the molecule is COc1ccc(-c2ccc(=O)n(Cc3cccc(P)c3)n2)cc1. The van der Waals surface area contributed by atoms with Crippen molar-refractivity contribution in [2.24, 2.45) is 0 Å². The average molecular weight is 324 g/mol. The number of methoxy groups -OCH3 is 1. The molecule has 0 saturated heterocycles. The first-order chi connectivity index (χ1) is 11.2. The predicted molar refractivity (Wildman–Crippen MR) is 95.4 cm³/mol. The summed E-state index contributed by atoms with van der Waals surface area (Å²) in [4.78, 5) is 12.1. The van der Waals surface area contributed by atoms with Gasteiger partial charge >= 0.3 is 0 Å². The minimum atomic E-state index is -0.114. The highest BCUT2D eigenvalue weighted by Crippen LogP contribution is 2.19. The number of ether oxygens (including phenoxy) is 1. The molecule has 2 aromatic carbocycles. The summed E-state index contributed by atoms with van der Waals surface area (Å²) in [5, 5.41) is 5.56. The summed E-state index contributed by atoms with van der Waals surface area (Å²) in [6.45, 7) is 0.449. The molecule has 0 radical (unpaired) electrons. The summed E-state index contributed by atoms with van der Waals surface area (Å²) >= 11 is 0. The first-order valence-corrected chi connectivity index (χ1v) is 7.80. The average Bonchev–Trinajstić information content (AvgIpc) is 2.57. The highest BCUT2D eigenvalue weighted by Gasteiger charge is 2.05. The lowest BCUT2D eigenvalue weighted by Gasteiger charge is -2.08. The Morgan fingerprint density at radius 1 is 1.09 bits per heavy atom. The Morgan fingerprint density at radius 3 is 2.57 bits per heavy atom. The fraction of sp³-hybridized carbons (Fsp3) is 0.111. The predicted octanol–water partition coefficient (Wildman–Crippen LogP) is 2.47. The lowest BCUT2D eigenvalue weighted by Crippen LogP contribution is -2.23. The Balaban J connectivity index is 1.93. The van der Waals surface area contributed by atoms with Crippen LogP contribution in [-0.4, -0.2) is 16.9 Å². The number of aromatic nitrogens is 2. The van der Waals surface area contributed by atoms with Gasteiger partial charge in [0.25, 0.3) is 5.56 Å². The van der Waals surface area contributed by atoms with Crippen molar-refractivity contribution >= 4 is 14.5 Å². The fourth-order valence-electron chi connectivity index (χ4n) is 2.34. The Hall–Kier alpha value is -2.45. The van der Waals surface area contributed by atoms with E-state index in [0.717, 1.165) is 27.9 Å². The lowest BCUT2D eigenvalue weighted by molar-refractivity contribution is 0.415. The zero-order valence-corrected chi connectivity index (χ0v) is 13.9. The van der Waals surface area contributed by atoms with Gasteiger partial charge in [0, 0.05) is 11.6 Å². The van der Waals surface area contributed by atoms with E-state index in [2.05, 4.69) is 14.3 Å². The summed E-state index contributed by atoms with van der Waals surface area (Å²) < 4.78 is 6.65. The van der Waals surface area contributed by atoms with E-state index < -0.39 is 0 Å². The Morgan fingerprint density at radius 2 is 1.87 bits per heavy atom. The molecule has 5 heteroatoms. The maximum atomic E-state index is 12.1. The number of hydrogen-bond donors (Lipinski definition) is 0. The standard InChI is InChI=1S/C18H17N2O2P/c1-22-15-7-5-14(6-8-15)17-9-10-18(21)20(19-17)12-13-3-2-4-16(23)11-13/h2-11H,12,23H2,1H3. The van der Waals surface area contributed by atoms with E-state index in [-0.39, 0.29) is 5.56 Å². The summed E-state index contributed by atoms with van der Waals surface area (Å²) in [6, 6.07) is 18.9. The fourth-order valence-corrected chi connectivity index (χ4v) is 2.67. The highest BCUT2D eigenvalue weighted by atomic mass is 31.0. The van der Waals surface area contributed by atoms with Crippen LogP contribution in [0.4, 0.5) is 0 Å². The van der Waals surface area contributed by atoms with Gasteiger partial charge in [0.05, 0.1) is 19.3 Å². The van der Waals surface area contributed by atoms with Crippen LogP contribution >= 0.6 is 9.24 Å². The van der Waals surface area contributed by atoms with Crippen molar-refractivity contribution < 1.29 is 4.74 Å². The maximum absolute atomic E-state index is 12.1. The smallest absolute Gasteiger partial charge is 0.267 e. The normalized spacial score (nSPS) is 10.5. The van der Waals surface area contributed by atoms with Gasteiger partial charge in [0.15, 0.2) is 0 Å². The minimum Gasteiger partial charge on any atom is -0.497 e. The van der Waals surface area contributed by atoms with Gasteiger partial charge in [-0.25, -0.2) is 4.68 Å². The van der Waals surface area contributed by atoms with Gasteiger partial charge in [-0.05, 0) is 47.3 Å². The molecule has 0 amide bonds. The monoisotopic (exact) mass is 324 g/mol. The molecular formula is C18H17N2O2P. The lowest BCUT2D eigenvalue weighted by atomic mass is 10.1. The van der Waals surface area contributed by atoms with Gasteiger partial charge in [0.2, 0.25) is 0 Å². The van der Waals surface area contributed by atoms with Crippen molar-refractivity contribution in [1.82, 2.24) is 9.78 Å². The molecule has 0 aliphatic rings. The van der Waals surface area contributed by atoms with Gasteiger partial charge in [-0.3, -0.25) is 4.79 Å². The topological polar surface area (TPSA) is 44.1 Å². The molecule has 1 atom stereocenters. The van der Waals surface area contributed by atoms with Gasteiger partial charge in [-0.1, -0.05) is 18.2 Å². The van der Waals surface area contributed by atoms with Gasteiger partial charge < -0.3 is 4.74 Å². The molecule has 3 rings (SSSR count). The summed E-state index contributed by atoms with van der Waals surface area (Å²) in [5.74, 6) is 0.791. The van der Waals surface area contributed by atoms with Crippen LogP contribution in [0.1, 0.15) is 5.56 Å². The molecular weight excluding hydrogens is 307 g/mol. The molecule has 0 saturated carbocycles. The molecule has 1 aromatic heterocycles. The maximum Gasteiger partial charge on any atom is 0.267 e. The largest absolute Gasteiger partial charge is 0.497 e. The van der Waals surface area contributed by atoms with Gasteiger partial charge in [0.1, 0.15) is 5.75 Å². The van der Waals surface area contributed by atoms with Crippen molar-refractivity contribution in [2.75, 3.05) is 7.11 Å². The van der Waals surface area contributed by atoms with E-state index in [1.165, 1.54) is 4.68 Å². The van der Waals surface area contributed by atoms with Crippen molar-refractivity contribution in [1.29, 1.82) is 0 Å². The third-order valence-corrected chi connectivity index (χ3v) is 3.89. The number of hydrogen-bond acceptors (Lipinski definition) is 3. The molecule has 3 aromatic rings. The van der Waals surface area contributed by atoms with Crippen LogP contribution in [-0.2, 0) is 6.54 Å². The Bertz CT molecular complexity index is 873. The first kappa shape index (κ1) is 15.4. The minimum absolute atomic E-state index is 0.114. The molecule has 0 aliphatic carbocycles. The highest BCUT2D eigenvalue weighted by molar-refractivity contribution is 7.27. The molecule has 0 spiro atoms. The van der Waals surface area contributed by atoms with E-state index in [4.69, 9.17) is 4.74 Å². The zero-order chi connectivity index (χ0) is 16.2. The molecule has 23 heavy (non-hydrogen) atoms. The second-order valence-electron chi connectivity index (χ2n) is 5.19. The first-order valence-electron chi connectivity index (χ1n) is 7.23.